The van der Waals surface area contributed by atoms with Crippen LogP contribution >= 0.6 is 27.7 Å². The molecule has 168 valence electrons. The van der Waals surface area contributed by atoms with Crippen molar-refractivity contribution in [3.8, 4) is 11.5 Å². The van der Waals surface area contributed by atoms with Crippen molar-refractivity contribution in [1.82, 2.24) is 4.90 Å². The van der Waals surface area contributed by atoms with Crippen molar-refractivity contribution in [1.29, 1.82) is 0 Å². The molecule has 1 aliphatic rings. The Hall–Kier alpha value is -2.78. The van der Waals surface area contributed by atoms with Crippen molar-refractivity contribution in [2.24, 2.45) is 4.99 Å². The largest absolute Gasteiger partial charge is 0.490 e. The lowest BCUT2D eigenvalue weighted by molar-refractivity contribution is -0.139. The van der Waals surface area contributed by atoms with Crippen molar-refractivity contribution < 1.29 is 24.2 Å². The summed E-state index contributed by atoms with van der Waals surface area (Å²) in [6.45, 7) is 4.30. The SMILES string of the molecule is CCCN1C(=O)/C(=C\c2cc(Br)c(OCC(=O)O)c(OCC)c2)SC1=Nc1ccccc1. The van der Waals surface area contributed by atoms with Gasteiger partial charge in [-0.25, -0.2) is 9.79 Å². The van der Waals surface area contributed by atoms with Crippen LogP contribution in [0.1, 0.15) is 25.8 Å². The third-order valence-electron chi connectivity index (χ3n) is 4.29. The fraction of sp³-hybridized carbons (Fsp3) is 0.261. The fourth-order valence-corrected chi connectivity index (χ4v) is 4.58. The molecule has 7 nitrogen and oxygen atoms in total. The van der Waals surface area contributed by atoms with Crippen LogP contribution < -0.4 is 9.47 Å². The molecule has 0 bridgehead atoms. The third-order valence-corrected chi connectivity index (χ3v) is 5.88. The Kier molecular flexibility index (Phi) is 8.35. The third kappa shape index (κ3) is 5.92. The van der Waals surface area contributed by atoms with Crippen molar-refractivity contribution in [2.75, 3.05) is 19.8 Å². The van der Waals surface area contributed by atoms with E-state index in [-0.39, 0.29) is 5.91 Å². The molecule has 1 saturated heterocycles. The van der Waals surface area contributed by atoms with Gasteiger partial charge in [-0.3, -0.25) is 9.69 Å². The summed E-state index contributed by atoms with van der Waals surface area (Å²) < 4.78 is 11.5. The second kappa shape index (κ2) is 11.2. The summed E-state index contributed by atoms with van der Waals surface area (Å²) in [6, 6.07) is 13.0. The number of hydrogen-bond donors (Lipinski definition) is 1. The van der Waals surface area contributed by atoms with Gasteiger partial charge >= 0.3 is 5.97 Å². The molecule has 0 spiro atoms. The van der Waals surface area contributed by atoms with Crippen LogP contribution in [0.15, 0.2) is 56.8 Å². The van der Waals surface area contributed by atoms with E-state index < -0.39 is 12.6 Å². The molecule has 0 unspecified atom stereocenters. The summed E-state index contributed by atoms with van der Waals surface area (Å²) in [5, 5.41) is 9.55. The smallest absolute Gasteiger partial charge is 0.341 e. The Morgan fingerprint density at radius 3 is 2.62 bits per heavy atom. The van der Waals surface area contributed by atoms with E-state index in [1.807, 2.05) is 44.2 Å². The molecule has 1 heterocycles. The number of amides is 1. The monoisotopic (exact) mass is 518 g/mol. The van der Waals surface area contributed by atoms with E-state index >= 15 is 0 Å². The number of nitrogens with zero attached hydrogens (tertiary/aromatic N) is 2. The maximum absolute atomic E-state index is 13.1. The molecule has 1 aliphatic heterocycles. The van der Waals surface area contributed by atoms with Crippen LogP contribution in [0.4, 0.5) is 5.69 Å². The van der Waals surface area contributed by atoms with Gasteiger partial charge in [0.05, 0.1) is 21.7 Å². The van der Waals surface area contributed by atoms with E-state index in [4.69, 9.17) is 14.6 Å². The highest BCUT2D eigenvalue weighted by Gasteiger charge is 2.33. The minimum atomic E-state index is -1.08. The van der Waals surface area contributed by atoms with Crippen molar-refractivity contribution in [3.63, 3.8) is 0 Å². The van der Waals surface area contributed by atoms with Crippen molar-refractivity contribution >= 4 is 56.5 Å². The summed E-state index contributed by atoms with van der Waals surface area (Å²) in [5.74, 6) is -0.485. The highest BCUT2D eigenvalue weighted by Crippen LogP contribution is 2.39. The predicted molar refractivity (Wildman–Crippen MR) is 130 cm³/mol. The maximum atomic E-state index is 13.1. The van der Waals surface area contributed by atoms with Gasteiger partial charge in [0, 0.05) is 6.54 Å². The summed E-state index contributed by atoms with van der Waals surface area (Å²) in [4.78, 5) is 30.8. The average molecular weight is 519 g/mol. The first-order valence-corrected chi connectivity index (χ1v) is 11.7. The number of hydrogen-bond acceptors (Lipinski definition) is 6. The molecule has 1 fully saturated rings. The Labute approximate surface area is 199 Å². The molecule has 1 amide bonds. The van der Waals surface area contributed by atoms with Gasteiger partial charge in [-0.15, -0.1) is 0 Å². The minimum Gasteiger partial charge on any atom is -0.490 e. The number of aliphatic imine (C=N–C) groups is 1. The van der Waals surface area contributed by atoms with E-state index in [2.05, 4.69) is 20.9 Å². The van der Waals surface area contributed by atoms with Gasteiger partial charge in [0.15, 0.2) is 23.3 Å². The highest BCUT2D eigenvalue weighted by molar-refractivity contribution is 9.10. The van der Waals surface area contributed by atoms with E-state index in [0.29, 0.717) is 39.2 Å². The van der Waals surface area contributed by atoms with E-state index in [1.54, 1.807) is 23.1 Å². The number of rotatable bonds is 9. The molecule has 0 atom stereocenters. The number of halogens is 1. The number of carboxylic acid groups (broad SMARTS) is 1. The summed E-state index contributed by atoms with van der Waals surface area (Å²) in [5.41, 5.74) is 1.50. The Morgan fingerprint density at radius 1 is 1.22 bits per heavy atom. The lowest BCUT2D eigenvalue weighted by Gasteiger charge is -2.14. The van der Waals surface area contributed by atoms with Crippen LogP contribution in [-0.4, -0.2) is 46.8 Å². The van der Waals surface area contributed by atoms with Gasteiger partial charge in [0.2, 0.25) is 0 Å². The molecule has 0 aromatic heterocycles. The van der Waals surface area contributed by atoms with Crippen LogP contribution in [0, 0.1) is 0 Å². The standard InChI is InChI=1S/C23H23BrN2O5S/c1-3-10-26-22(29)19(32-23(26)25-16-8-6-5-7-9-16)13-15-11-17(24)21(31-14-20(27)28)18(12-15)30-4-2/h5-9,11-13H,3-4,10,14H2,1-2H3,(H,27,28)/b19-13+,25-23?. The van der Waals surface area contributed by atoms with Crippen LogP contribution in [0.2, 0.25) is 0 Å². The molecule has 3 rings (SSSR count). The van der Waals surface area contributed by atoms with E-state index in [0.717, 1.165) is 17.7 Å². The van der Waals surface area contributed by atoms with Crippen LogP contribution in [0.5, 0.6) is 11.5 Å². The number of amidine groups is 1. The molecular formula is C23H23BrN2O5S. The normalized spacial score (nSPS) is 16.1. The van der Waals surface area contributed by atoms with Crippen molar-refractivity contribution in [3.05, 3.63) is 57.4 Å². The number of carbonyl (C=O) groups is 2. The highest BCUT2D eigenvalue weighted by atomic mass is 79.9. The molecule has 2 aromatic carbocycles. The number of thioether (sulfide) groups is 1. The second-order valence-corrected chi connectivity index (χ2v) is 8.61. The van der Waals surface area contributed by atoms with E-state index in [9.17, 15) is 9.59 Å². The topological polar surface area (TPSA) is 88.4 Å². The molecule has 9 heteroatoms. The lowest BCUT2D eigenvalue weighted by Crippen LogP contribution is -2.29. The molecule has 2 aromatic rings. The van der Waals surface area contributed by atoms with Gasteiger partial charge in [-0.2, -0.15) is 0 Å². The van der Waals surface area contributed by atoms with Gasteiger partial charge in [-0.05, 0) is 76.9 Å². The Bertz CT molecular complexity index is 1060. The van der Waals surface area contributed by atoms with Gasteiger partial charge in [0.1, 0.15) is 0 Å². The number of aliphatic carboxylic acids is 1. The first-order valence-electron chi connectivity index (χ1n) is 10.1. The summed E-state index contributed by atoms with van der Waals surface area (Å²) >= 11 is 4.74. The maximum Gasteiger partial charge on any atom is 0.341 e. The zero-order chi connectivity index (χ0) is 23.1. The van der Waals surface area contributed by atoms with E-state index in [1.165, 1.54) is 11.8 Å². The number of carboxylic acids is 1. The first-order chi connectivity index (χ1) is 15.4. The molecular weight excluding hydrogens is 496 g/mol. The van der Waals surface area contributed by atoms with Crippen LogP contribution in [0.3, 0.4) is 0 Å². The van der Waals surface area contributed by atoms with Crippen LogP contribution in [0.25, 0.3) is 6.08 Å². The van der Waals surface area contributed by atoms with Gasteiger partial charge in [0.25, 0.3) is 5.91 Å². The second-order valence-electron chi connectivity index (χ2n) is 6.74. The predicted octanol–water partition coefficient (Wildman–Crippen LogP) is 5.33. The molecule has 0 saturated carbocycles. The Morgan fingerprint density at radius 2 is 1.97 bits per heavy atom. The molecule has 0 radical (unpaired) electrons. The summed E-state index contributed by atoms with van der Waals surface area (Å²) in [6.07, 6.45) is 2.58. The summed E-state index contributed by atoms with van der Waals surface area (Å²) in [7, 11) is 0. The Balaban J connectivity index is 1.95. The number of ether oxygens (including phenoxy) is 2. The zero-order valence-electron chi connectivity index (χ0n) is 17.7. The quantitative estimate of drug-likeness (QED) is 0.451. The zero-order valence-corrected chi connectivity index (χ0v) is 20.1. The number of carbonyl (C=O) groups excluding carboxylic acids is 1. The number of para-hydroxylation sites is 1. The molecule has 0 aliphatic carbocycles. The van der Waals surface area contributed by atoms with Crippen molar-refractivity contribution in [2.45, 2.75) is 20.3 Å². The minimum absolute atomic E-state index is 0.105. The lowest BCUT2D eigenvalue weighted by atomic mass is 10.2. The fourth-order valence-electron chi connectivity index (χ4n) is 2.98. The van der Waals surface area contributed by atoms with Gasteiger partial charge in [-0.1, -0.05) is 25.1 Å². The number of benzene rings is 2. The first kappa shape index (κ1) is 23.9. The molecule has 32 heavy (non-hydrogen) atoms. The van der Waals surface area contributed by atoms with Gasteiger partial charge < -0.3 is 14.6 Å². The average Bonchev–Trinajstić information content (AvgIpc) is 3.03. The molecule has 1 N–H and O–H groups in total. The van der Waals surface area contributed by atoms with Crippen LogP contribution in [-0.2, 0) is 9.59 Å².